The Balaban J connectivity index is 2.27. The van der Waals surface area contributed by atoms with Crippen molar-refractivity contribution >= 4 is 5.91 Å². The summed E-state index contributed by atoms with van der Waals surface area (Å²) in [6, 6.07) is 8.99. The molecule has 1 atom stereocenters. The van der Waals surface area contributed by atoms with Gasteiger partial charge in [-0.3, -0.25) is 9.63 Å². The molecule has 0 saturated heterocycles. The summed E-state index contributed by atoms with van der Waals surface area (Å²) in [5, 5.41) is 0. The molecule has 0 spiro atoms. The third-order valence-electron chi connectivity index (χ3n) is 2.20. The fourth-order valence-electron chi connectivity index (χ4n) is 1.28. The molecule has 0 aromatic heterocycles. The van der Waals surface area contributed by atoms with E-state index < -0.39 is 6.04 Å². The molecule has 0 aliphatic rings. The predicted molar refractivity (Wildman–Crippen MR) is 64.1 cm³/mol. The van der Waals surface area contributed by atoms with Crippen molar-refractivity contribution in [1.82, 2.24) is 5.48 Å². The van der Waals surface area contributed by atoms with Gasteiger partial charge in [-0.15, -0.1) is 0 Å². The highest BCUT2D eigenvalue weighted by molar-refractivity contribution is 5.80. The minimum Gasteiger partial charge on any atom is -0.382 e. The normalized spacial score (nSPS) is 12.1. The standard InChI is InChI=1S/C12H18N2O3/c1-16-7-8-17-14-12(15)11(13)9-10-5-3-2-4-6-10/h2-6,11H,7-9,13H2,1H3,(H,14,15)/t11-/m0/s1. The monoisotopic (exact) mass is 238 g/mol. The molecule has 0 fully saturated rings. The van der Waals surface area contributed by atoms with Crippen LogP contribution in [-0.4, -0.2) is 32.3 Å². The molecule has 0 aliphatic carbocycles. The van der Waals surface area contributed by atoms with Crippen LogP contribution in [0.5, 0.6) is 0 Å². The lowest BCUT2D eigenvalue weighted by atomic mass is 10.1. The summed E-state index contributed by atoms with van der Waals surface area (Å²) in [5.74, 6) is -0.329. The molecule has 0 radical (unpaired) electrons. The van der Waals surface area contributed by atoms with Gasteiger partial charge in [0.1, 0.15) is 0 Å². The van der Waals surface area contributed by atoms with Gasteiger partial charge in [0, 0.05) is 7.11 Å². The van der Waals surface area contributed by atoms with Crippen LogP contribution in [0.15, 0.2) is 30.3 Å². The fraction of sp³-hybridized carbons (Fsp3) is 0.417. The number of hydrogen-bond donors (Lipinski definition) is 2. The molecule has 1 aromatic rings. The van der Waals surface area contributed by atoms with E-state index in [1.807, 2.05) is 30.3 Å². The number of ether oxygens (including phenoxy) is 1. The number of hydroxylamine groups is 1. The second kappa shape index (κ2) is 7.78. The molecule has 1 amide bonds. The highest BCUT2D eigenvalue weighted by Gasteiger charge is 2.13. The predicted octanol–water partition coefficient (Wildman–Crippen LogP) is 0.251. The van der Waals surface area contributed by atoms with E-state index in [9.17, 15) is 4.79 Å². The molecule has 0 saturated carbocycles. The highest BCUT2D eigenvalue weighted by atomic mass is 16.7. The number of benzene rings is 1. The lowest BCUT2D eigenvalue weighted by molar-refractivity contribution is -0.135. The summed E-state index contributed by atoms with van der Waals surface area (Å²) < 4.78 is 4.77. The van der Waals surface area contributed by atoms with Crippen LogP contribution in [0.4, 0.5) is 0 Å². The topological polar surface area (TPSA) is 73.6 Å². The Morgan fingerprint density at radius 1 is 1.35 bits per heavy atom. The van der Waals surface area contributed by atoms with E-state index in [1.54, 1.807) is 7.11 Å². The molecule has 17 heavy (non-hydrogen) atoms. The molecule has 0 aliphatic heterocycles. The molecule has 0 heterocycles. The first-order chi connectivity index (χ1) is 8.24. The lowest BCUT2D eigenvalue weighted by Gasteiger charge is -2.11. The Morgan fingerprint density at radius 2 is 2.06 bits per heavy atom. The highest BCUT2D eigenvalue weighted by Crippen LogP contribution is 2.01. The molecule has 1 aromatic carbocycles. The van der Waals surface area contributed by atoms with Crippen molar-refractivity contribution in [1.29, 1.82) is 0 Å². The largest absolute Gasteiger partial charge is 0.382 e. The summed E-state index contributed by atoms with van der Waals surface area (Å²) in [6.45, 7) is 0.731. The second-order valence-electron chi connectivity index (χ2n) is 3.60. The van der Waals surface area contributed by atoms with Crippen LogP contribution >= 0.6 is 0 Å². The van der Waals surface area contributed by atoms with Gasteiger partial charge in [-0.25, -0.2) is 5.48 Å². The number of carbonyl (C=O) groups is 1. The van der Waals surface area contributed by atoms with Crippen molar-refractivity contribution in [3.05, 3.63) is 35.9 Å². The number of rotatable bonds is 7. The first-order valence-electron chi connectivity index (χ1n) is 5.44. The van der Waals surface area contributed by atoms with E-state index in [4.69, 9.17) is 15.3 Å². The average Bonchev–Trinajstić information content (AvgIpc) is 2.35. The number of methoxy groups -OCH3 is 1. The summed E-state index contributed by atoms with van der Waals surface area (Å²) in [4.78, 5) is 16.4. The zero-order valence-corrected chi connectivity index (χ0v) is 9.89. The van der Waals surface area contributed by atoms with E-state index in [0.717, 1.165) is 5.56 Å². The van der Waals surface area contributed by atoms with Crippen LogP contribution in [-0.2, 0) is 20.8 Å². The van der Waals surface area contributed by atoms with Crippen molar-refractivity contribution in [3.63, 3.8) is 0 Å². The molecule has 5 heteroatoms. The van der Waals surface area contributed by atoms with Gasteiger partial charge in [0.15, 0.2) is 0 Å². The second-order valence-corrected chi connectivity index (χ2v) is 3.60. The van der Waals surface area contributed by atoms with Gasteiger partial charge in [0.25, 0.3) is 5.91 Å². The maximum atomic E-state index is 11.5. The zero-order valence-electron chi connectivity index (χ0n) is 9.89. The van der Waals surface area contributed by atoms with Crippen molar-refractivity contribution in [2.24, 2.45) is 5.73 Å². The van der Waals surface area contributed by atoms with E-state index >= 15 is 0 Å². The summed E-state index contributed by atoms with van der Waals surface area (Å²) in [5.41, 5.74) is 9.05. The van der Waals surface area contributed by atoms with Crippen molar-refractivity contribution < 1.29 is 14.4 Å². The summed E-state index contributed by atoms with van der Waals surface area (Å²) >= 11 is 0. The average molecular weight is 238 g/mol. The molecule has 3 N–H and O–H groups in total. The molecule has 0 unspecified atom stereocenters. The fourth-order valence-corrected chi connectivity index (χ4v) is 1.28. The number of hydrogen-bond acceptors (Lipinski definition) is 4. The first-order valence-corrected chi connectivity index (χ1v) is 5.44. The third kappa shape index (κ3) is 5.44. The first kappa shape index (κ1) is 13.6. The van der Waals surface area contributed by atoms with Crippen LogP contribution < -0.4 is 11.2 Å². The Morgan fingerprint density at radius 3 is 2.71 bits per heavy atom. The third-order valence-corrected chi connectivity index (χ3v) is 2.20. The van der Waals surface area contributed by atoms with Gasteiger partial charge in [0.05, 0.1) is 19.3 Å². The van der Waals surface area contributed by atoms with Crippen molar-refractivity contribution in [2.75, 3.05) is 20.3 Å². The van der Waals surface area contributed by atoms with Crippen LogP contribution in [0.1, 0.15) is 5.56 Å². The van der Waals surface area contributed by atoms with Gasteiger partial charge in [-0.1, -0.05) is 30.3 Å². The van der Waals surface area contributed by atoms with Gasteiger partial charge in [-0.2, -0.15) is 0 Å². The maximum Gasteiger partial charge on any atom is 0.260 e. The van der Waals surface area contributed by atoms with Crippen LogP contribution in [0.2, 0.25) is 0 Å². The summed E-state index contributed by atoms with van der Waals surface area (Å²) in [6.07, 6.45) is 0.486. The van der Waals surface area contributed by atoms with Gasteiger partial charge in [-0.05, 0) is 12.0 Å². The number of amides is 1. The van der Waals surface area contributed by atoms with Crippen LogP contribution in [0.3, 0.4) is 0 Å². The SMILES string of the molecule is COCCONC(=O)[C@@H](N)Cc1ccccc1. The van der Waals surface area contributed by atoms with Gasteiger partial charge in [0.2, 0.25) is 0 Å². The number of nitrogens with one attached hydrogen (secondary N) is 1. The smallest absolute Gasteiger partial charge is 0.260 e. The van der Waals surface area contributed by atoms with Crippen LogP contribution in [0.25, 0.3) is 0 Å². The molecular formula is C12H18N2O3. The van der Waals surface area contributed by atoms with E-state index in [2.05, 4.69) is 5.48 Å². The zero-order chi connectivity index (χ0) is 12.5. The molecule has 5 nitrogen and oxygen atoms in total. The maximum absolute atomic E-state index is 11.5. The summed E-state index contributed by atoms with van der Waals surface area (Å²) in [7, 11) is 1.56. The van der Waals surface area contributed by atoms with Gasteiger partial charge < -0.3 is 10.5 Å². The van der Waals surface area contributed by atoms with Gasteiger partial charge >= 0.3 is 0 Å². The van der Waals surface area contributed by atoms with Crippen molar-refractivity contribution in [3.8, 4) is 0 Å². The minimum absolute atomic E-state index is 0.306. The Labute approximate surface area is 101 Å². The number of nitrogens with two attached hydrogens (primary N) is 1. The molecule has 0 bridgehead atoms. The van der Waals surface area contributed by atoms with E-state index in [-0.39, 0.29) is 5.91 Å². The Bertz CT molecular complexity index is 330. The minimum atomic E-state index is -0.611. The van der Waals surface area contributed by atoms with E-state index in [1.165, 1.54) is 0 Å². The van der Waals surface area contributed by atoms with Crippen LogP contribution in [0, 0.1) is 0 Å². The molecular weight excluding hydrogens is 220 g/mol. The lowest BCUT2D eigenvalue weighted by Crippen LogP contribution is -2.42. The number of carbonyl (C=O) groups excluding carboxylic acids is 1. The molecule has 94 valence electrons. The quantitative estimate of drug-likeness (QED) is 0.527. The van der Waals surface area contributed by atoms with Crippen molar-refractivity contribution in [2.45, 2.75) is 12.5 Å². The Hall–Kier alpha value is -1.43. The Kier molecular flexibility index (Phi) is 6.24. The van der Waals surface area contributed by atoms with E-state index in [0.29, 0.717) is 19.6 Å². The molecule has 1 rings (SSSR count).